The molecule has 2 heterocycles. The number of halogens is 3. The first kappa shape index (κ1) is 23.3. The number of rotatable bonds is 5. The molecule has 3 atom stereocenters. The van der Waals surface area contributed by atoms with E-state index in [1.807, 2.05) is 6.07 Å². The number of benzene rings is 1. The molecule has 170 valence electrons. The number of sulfone groups is 1. The molecule has 2 aliphatic rings. The summed E-state index contributed by atoms with van der Waals surface area (Å²) in [6.07, 6.45) is -4.16. The molecule has 1 unspecified atom stereocenters. The SMILES string of the molecule is CC(C)[C@H]1CN(c2cccc(S(C)(=O)=O)c2)CCN1C[C@H]1CCC(C(F)(F)F)OC1. The van der Waals surface area contributed by atoms with Crippen LogP contribution in [0.1, 0.15) is 26.7 Å². The zero-order valence-electron chi connectivity index (χ0n) is 17.7. The van der Waals surface area contributed by atoms with Crippen molar-refractivity contribution < 1.29 is 26.3 Å². The Morgan fingerprint density at radius 2 is 1.93 bits per heavy atom. The smallest absolute Gasteiger partial charge is 0.369 e. The van der Waals surface area contributed by atoms with Gasteiger partial charge in [-0.3, -0.25) is 4.90 Å². The minimum atomic E-state index is -4.28. The van der Waals surface area contributed by atoms with E-state index in [1.54, 1.807) is 18.2 Å². The molecule has 0 amide bonds. The van der Waals surface area contributed by atoms with Gasteiger partial charge in [-0.15, -0.1) is 0 Å². The van der Waals surface area contributed by atoms with Gasteiger partial charge in [-0.25, -0.2) is 8.42 Å². The minimum absolute atomic E-state index is 0.0265. The van der Waals surface area contributed by atoms with Gasteiger partial charge < -0.3 is 9.64 Å². The summed E-state index contributed by atoms with van der Waals surface area (Å²) in [4.78, 5) is 4.87. The molecule has 2 aliphatic heterocycles. The highest BCUT2D eigenvalue weighted by molar-refractivity contribution is 7.90. The molecule has 0 saturated carbocycles. The van der Waals surface area contributed by atoms with Crippen LogP contribution in [-0.4, -0.2) is 70.7 Å². The molecule has 5 nitrogen and oxygen atoms in total. The van der Waals surface area contributed by atoms with E-state index >= 15 is 0 Å². The van der Waals surface area contributed by atoms with Crippen molar-refractivity contribution in [3.8, 4) is 0 Å². The molecule has 0 radical (unpaired) electrons. The highest BCUT2D eigenvalue weighted by Crippen LogP contribution is 2.33. The first-order valence-electron chi connectivity index (χ1n) is 10.4. The van der Waals surface area contributed by atoms with E-state index in [4.69, 9.17) is 4.74 Å². The van der Waals surface area contributed by atoms with Crippen molar-refractivity contribution >= 4 is 15.5 Å². The standard InChI is InChI=1S/C21H31F3N2O3S/c1-15(2)19-13-25(17-5-4-6-18(11-17)30(3,27)28)9-10-26(19)12-16-7-8-20(29-14-16)21(22,23)24/h4-6,11,15-16,19-20H,7-10,12-14H2,1-3H3/t16-,19-,20?/m1/s1. The van der Waals surface area contributed by atoms with E-state index in [2.05, 4.69) is 23.6 Å². The van der Waals surface area contributed by atoms with E-state index < -0.39 is 22.1 Å². The normalized spacial score (nSPS) is 26.9. The van der Waals surface area contributed by atoms with E-state index in [1.165, 1.54) is 6.26 Å². The van der Waals surface area contributed by atoms with E-state index in [-0.39, 0.29) is 25.0 Å². The van der Waals surface area contributed by atoms with Crippen LogP contribution in [0.4, 0.5) is 18.9 Å². The lowest BCUT2D eigenvalue weighted by atomic mass is 9.93. The predicted octanol–water partition coefficient (Wildman–Crippen LogP) is 3.59. The summed E-state index contributed by atoms with van der Waals surface area (Å²) >= 11 is 0. The fraction of sp³-hybridized carbons (Fsp3) is 0.714. The topological polar surface area (TPSA) is 49.9 Å². The van der Waals surface area contributed by atoms with Gasteiger partial charge >= 0.3 is 6.18 Å². The van der Waals surface area contributed by atoms with Crippen molar-refractivity contribution in [1.82, 2.24) is 4.90 Å². The monoisotopic (exact) mass is 448 g/mol. The third-order valence-electron chi connectivity index (χ3n) is 6.14. The van der Waals surface area contributed by atoms with Gasteiger partial charge in [0.2, 0.25) is 0 Å². The Bertz CT molecular complexity index is 821. The first-order chi connectivity index (χ1) is 13.9. The molecule has 0 bridgehead atoms. The van der Waals surface area contributed by atoms with Crippen LogP contribution in [0.25, 0.3) is 0 Å². The Labute approximate surface area is 177 Å². The van der Waals surface area contributed by atoms with Crippen molar-refractivity contribution in [3.63, 3.8) is 0 Å². The molecule has 0 aromatic heterocycles. The van der Waals surface area contributed by atoms with E-state index in [0.717, 1.165) is 31.9 Å². The Balaban J connectivity index is 1.64. The van der Waals surface area contributed by atoms with Crippen molar-refractivity contribution in [3.05, 3.63) is 24.3 Å². The Hall–Kier alpha value is -1.32. The lowest BCUT2D eigenvalue weighted by Gasteiger charge is -2.46. The molecular formula is C21H31F3N2O3S. The van der Waals surface area contributed by atoms with Crippen LogP contribution in [0.2, 0.25) is 0 Å². The number of ether oxygens (including phenoxy) is 1. The molecule has 1 aromatic rings. The van der Waals surface area contributed by atoms with Gasteiger partial charge in [-0.2, -0.15) is 13.2 Å². The van der Waals surface area contributed by atoms with Crippen LogP contribution < -0.4 is 4.90 Å². The summed E-state index contributed by atoms with van der Waals surface area (Å²) in [7, 11) is -3.27. The van der Waals surface area contributed by atoms with Crippen LogP contribution in [-0.2, 0) is 14.6 Å². The molecule has 3 rings (SSSR count). The first-order valence-corrected chi connectivity index (χ1v) is 12.3. The minimum Gasteiger partial charge on any atom is -0.369 e. The Morgan fingerprint density at radius 3 is 2.50 bits per heavy atom. The van der Waals surface area contributed by atoms with Crippen LogP contribution in [0, 0.1) is 11.8 Å². The number of hydrogen-bond donors (Lipinski definition) is 0. The highest BCUT2D eigenvalue weighted by Gasteiger charge is 2.43. The average molecular weight is 449 g/mol. The summed E-state index contributed by atoms with van der Waals surface area (Å²) in [5, 5.41) is 0. The lowest BCUT2D eigenvalue weighted by Crippen LogP contribution is -2.57. The molecule has 1 aromatic carbocycles. The maximum absolute atomic E-state index is 12.8. The molecule has 2 fully saturated rings. The molecule has 0 aliphatic carbocycles. The molecule has 0 spiro atoms. The second kappa shape index (κ2) is 9.04. The number of nitrogens with zero attached hydrogens (tertiary/aromatic N) is 2. The van der Waals surface area contributed by atoms with Crippen LogP contribution in [0.3, 0.4) is 0 Å². The van der Waals surface area contributed by atoms with Gasteiger partial charge in [-0.1, -0.05) is 19.9 Å². The third-order valence-corrected chi connectivity index (χ3v) is 7.25. The maximum atomic E-state index is 12.8. The van der Waals surface area contributed by atoms with Gasteiger partial charge in [-0.05, 0) is 42.9 Å². The predicted molar refractivity (Wildman–Crippen MR) is 110 cm³/mol. The second-order valence-electron chi connectivity index (χ2n) is 8.83. The summed E-state index contributed by atoms with van der Waals surface area (Å²) in [6.45, 7) is 7.44. The highest BCUT2D eigenvalue weighted by atomic mass is 32.2. The molecule has 9 heteroatoms. The van der Waals surface area contributed by atoms with Crippen LogP contribution >= 0.6 is 0 Å². The van der Waals surface area contributed by atoms with Gasteiger partial charge in [0, 0.05) is 44.2 Å². The van der Waals surface area contributed by atoms with Crippen molar-refractivity contribution in [1.29, 1.82) is 0 Å². The second-order valence-corrected chi connectivity index (χ2v) is 10.8. The molecular weight excluding hydrogens is 417 g/mol. The molecule has 0 N–H and O–H groups in total. The van der Waals surface area contributed by atoms with E-state index in [0.29, 0.717) is 17.2 Å². The van der Waals surface area contributed by atoms with Crippen molar-refractivity contribution in [2.24, 2.45) is 11.8 Å². The number of hydrogen-bond acceptors (Lipinski definition) is 5. The van der Waals surface area contributed by atoms with E-state index in [9.17, 15) is 21.6 Å². The maximum Gasteiger partial charge on any atom is 0.414 e. The molecule has 2 saturated heterocycles. The van der Waals surface area contributed by atoms with Crippen LogP contribution in [0.5, 0.6) is 0 Å². The summed E-state index contributed by atoms with van der Waals surface area (Å²) in [5.74, 6) is 0.461. The van der Waals surface area contributed by atoms with Gasteiger partial charge in [0.1, 0.15) is 0 Å². The Morgan fingerprint density at radius 1 is 1.20 bits per heavy atom. The lowest BCUT2D eigenvalue weighted by molar-refractivity contribution is -0.236. The van der Waals surface area contributed by atoms with Gasteiger partial charge in [0.25, 0.3) is 0 Å². The zero-order valence-corrected chi connectivity index (χ0v) is 18.5. The quantitative estimate of drug-likeness (QED) is 0.689. The van der Waals surface area contributed by atoms with Gasteiger partial charge in [0.15, 0.2) is 15.9 Å². The third kappa shape index (κ3) is 5.68. The summed E-state index contributed by atoms with van der Waals surface area (Å²) in [6, 6.07) is 7.24. The fourth-order valence-electron chi connectivity index (χ4n) is 4.39. The van der Waals surface area contributed by atoms with Gasteiger partial charge in [0.05, 0.1) is 11.5 Å². The Kier molecular flexibility index (Phi) is 7.04. The summed E-state index contributed by atoms with van der Waals surface area (Å²) in [5.41, 5.74) is 0.886. The number of piperazine rings is 1. The zero-order chi connectivity index (χ0) is 22.1. The number of anilines is 1. The largest absolute Gasteiger partial charge is 0.414 e. The van der Waals surface area contributed by atoms with Crippen molar-refractivity contribution in [2.75, 3.05) is 43.9 Å². The summed E-state index contributed by atoms with van der Waals surface area (Å²) < 4.78 is 67.4. The molecule has 30 heavy (non-hydrogen) atoms. The van der Waals surface area contributed by atoms with Crippen LogP contribution in [0.15, 0.2) is 29.2 Å². The van der Waals surface area contributed by atoms with Crippen molar-refractivity contribution in [2.45, 2.75) is 49.9 Å². The number of alkyl halides is 3. The fourth-order valence-corrected chi connectivity index (χ4v) is 5.05. The average Bonchev–Trinajstić information content (AvgIpc) is 2.67.